The number of nitrogens with two attached hydrogens (primary N) is 1. The molecule has 0 aliphatic rings. The summed E-state index contributed by atoms with van der Waals surface area (Å²) >= 11 is 0. The Labute approximate surface area is 92.4 Å². The molecule has 0 amide bonds. The normalized spacial score (nSPS) is 10.8. The highest BCUT2D eigenvalue weighted by atomic mass is 15.1. The van der Waals surface area contributed by atoms with Crippen LogP contribution >= 0.6 is 0 Å². The lowest BCUT2D eigenvalue weighted by molar-refractivity contribution is 1.17. The van der Waals surface area contributed by atoms with Gasteiger partial charge in [0.05, 0.1) is 11.2 Å². The number of hydrogen-bond acceptors (Lipinski definition) is 3. The molecule has 0 saturated heterocycles. The second kappa shape index (κ2) is 3.34. The van der Waals surface area contributed by atoms with E-state index in [1.54, 1.807) is 6.20 Å². The van der Waals surface area contributed by atoms with Crippen LogP contribution < -0.4 is 5.73 Å². The van der Waals surface area contributed by atoms with Gasteiger partial charge in [-0.2, -0.15) is 0 Å². The third kappa shape index (κ3) is 1.24. The molecule has 0 aliphatic heterocycles. The Kier molecular flexibility index (Phi) is 1.86. The largest absolute Gasteiger partial charge is 0.369 e. The van der Waals surface area contributed by atoms with E-state index < -0.39 is 0 Å². The van der Waals surface area contributed by atoms with Gasteiger partial charge in [0, 0.05) is 12.4 Å². The van der Waals surface area contributed by atoms with Crippen LogP contribution in [0.25, 0.3) is 16.9 Å². The first-order chi connectivity index (χ1) is 7.86. The number of nitrogens with zero attached hydrogens (tertiary/aromatic N) is 3. The van der Waals surface area contributed by atoms with Crippen molar-refractivity contribution in [3.63, 3.8) is 0 Å². The van der Waals surface area contributed by atoms with E-state index in [0.717, 1.165) is 16.9 Å². The zero-order valence-corrected chi connectivity index (χ0v) is 8.54. The van der Waals surface area contributed by atoms with Crippen LogP contribution in [0.1, 0.15) is 0 Å². The van der Waals surface area contributed by atoms with Crippen LogP contribution in [0.3, 0.4) is 0 Å². The first-order valence-corrected chi connectivity index (χ1v) is 5.00. The molecule has 0 radical (unpaired) electrons. The minimum absolute atomic E-state index is 0.483. The van der Waals surface area contributed by atoms with Gasteiger partial charge in [0.25, 0.3) is 0 Å². The van der Waals surface area contributed by atoms with Crippen LogP contribution in [-0.2, 0) is 0 Å². The Balaban J connectivity index is 2.33. The highest BCUT2D eigenvalue weighted by Crippen LogP contribution is 2.23. The van der Waals surface area contributed by atoms with Crippen LogP contribution in [-0.4, -0.2) is 14.4 Å². The molecule has 3 heterocycles. The lowest BCUT2D eigenvalue weighted by Gasteiger charge is -1.96. The van der Waals surface area contributed by atoms with Crippen molar-refractivity contribution in [1.29, 1.82) is 0 Å². The molecule has 3 rings (SSSR count). The van der Waals surface area contributed by atoms with Gasteiger partial charge in [0.2, 0.25) is 5.95 Å². The highest BCUT2D eigenvalue weighted by Gasteiger charge is 2.10. The molecule has 16 heavy (non-hydrogen) atoms. The maximum absolute atomic E-state index is 5.84. The fraction of sp³-hybridized carbons (Fsp3) is 0. The van der Waals surface area contributed by atoms with Gasteiger partial charge in [-0.15, -0.1) is 0 Å². The van der Waals surface area contributed by atoms with Gasteiger partial charge in [0.15, 0.2) is 0 Å². The molecular formula is C12H10N4. The van der Waals surface area contributed by atoms with Crippen LogP contribution in [0.15, 0.2) is 48.8 Å². The zero-order valence-electron chi connectivity index (χ0n) is 8.54. The quantitative estimate of drug-likeness (QED) is 0.668. The topological polar surface area (TPSA) is 56.2 Å². The molecule has 0 aliphatic carbocycles. The number of nitrogen functional groups attached to an aromatic ring is 1. The van der Waals surface area contributed by atoms with E-state index in [-0.39, 0.29) is 0 Å². The molecule has 0 saturated carbocycles. The third-order valence-electron chi connectivity index (χ3n) is 2.48. The molecule has 78 valence electrons. The van der Waals surface area contributed by atoms with E-state index in [4.69, 9.17) is 5.73 Å². The molecule has 3 aromatic rings. The Morgan fingerprint density at radius 1 is 1.06 bits per heavy atom. The van der Waals surface area contributed by atoms with Crippen molar-refractivity contribution in [2.24, 2.45) is 0 Å². The summed E-state index contributed by atoms with van der Waals surface area (Å²) in [4.78, 5) is 8.62. The first-order valence-electron chi connectivity index (χ1n) is 5.00. The molecule has 0 unspecified atom stereocenters. The van der Waals surface area contributed by atoms with Crippen molar-refractivity contribution in [1.82, 2.24) is 14.4 Å². The molecule has 0 bridgehead atoms. The molecule has 0 aromatic carbocycles. The van der Waals surface area contributed by atoms with Gasteiger partial charge < -0.3 is 5.73 Å². The summed E-state index contributed by atoms with van der Waals surface area (Å²) in [6, 6.07) is 11.6. The average Bonchev–Trinajstić information content (AvgIpc) is 2.69. The van der Waals surface area contributed by atoms with E-state index in [0.29, 0.717) is 5.95 Å². The summed E-state index contributed by atoms with van der Waals surface area (Å²) < 4.78 is 1.85. The van der Waals surface area contributed by atoms with Crippen molar-refractivity contribution in [2.75, 3.05) is 5.73 Å². The van der Waals surface area contributed by atoms with E-state index in [1.165, 1.54) is 0 Å². The Hall–Kier alpha value is -2.36. The maximum atomic E-state index is 5.84. The number of rotatable bonds is 1. The summed E-state index contributed by atoms with van der Waals surface area (Å²) in [5.41, 5.74) is 8.46. The monoisotopic (exact) mass is 210 g/mol. The van der Waals surface area contributed by atoms with E-state index in [9.17, 15) is 0 Å². The van der Waals surface area contributed by atoms with Gasteiger partial charge in [-0.25, -0.2) is 4.98 Å². The van der Waals surface area contributed by atoms with E-state index in [1.807, 2.05) is 47.0 Å². The zero-order chi connectivity index (χ0) is 11.0. The van der Waals surface area contributed by atoms with Crippen molar-refractivity contribution < 1.29 is 0 Å². The average molecular weight is 210 g/mol. The summed E-state index contributed by atoms with van der Waals surface area (Å²) in [5, 5.41) is 0. The van der Waals surface area contributed by atoms with Crippen LogP contribution in [0, 0.1) is 0 Å². The molecule has 2 N–H and O–H groups in total. The van der Waals surface area contributed by atoms with Crippen LogP contribution in [0.4, 0.5) is 5.95 Å². The molecular weight excluding hydrogens is 200 g/mol. The van der Waals surface area contributed by atoms with Crippen LogP contribution in [0.5, 0.6) is 0 Å². The summed E-state index contributed by atoms with van der Waals surface area (Å²) in [6.07, 6.45) is 3.64. The number of hydrogen-bond donors (Lipinski definition) is 1. The first kappa shape index (κ1) is 8.91. The SMILES string of the molecule is Nc1nc(-c2ccccn2)c2ccccn12. The smallest absolute Gasteiger partial charge is 0.205 e. The Morgan fingerprint density at radius 3 is 2.75 bits per heavy atom. The minimum Gasteiger partial charge on any atom is -0.369 e. The third-order valence-corrected chi connectivity index (χ3v) is 2.48. The van der Waals surface area contributed by atoms with Crippen molar-refractivity contribution >= 4 is 11.5 Å². The number of pyridine rings is 2. The number of fused-ring (bicyclic) bond motifs is 1. The molecule has 0 atom stereocenters. The Morgan fingerprint density at radius 2 is 1.94 bits per heavy atom. The van der Waals surface area contributed by atoms with Gasteiger partial charge in [-0.05, 0) is 24.3 Å². The fourth-order valence-corrected chi connectivity index (χ4v) is 1.75. The van der Waals surface area contributed by atoms with Gasteiger partial charge in [-0.1, -0.05) is 12.1 Å². The van der Waals surface area contributed by atoms with Crippen molar-refractivity contribution in [3.8, 4) is 11.4 Å². The summed E-state index contributed by atoms with van der Waals surface area (Å²) in [6.45, 7) is 0. The van der Waals surface area contributed by atoms with E-state index in [2.05, 4.69) is 9.97 Å². The lowest BCUT2D eigenvalue weighted by Crippen LogP contribution is -1.92. The number of anilines is 1. The molecule has 3 aromatic heterocycles. The molecule has 4 nitrogen and oxygen atoms in total. The van der Waals surface area contributed by atoms with Gasteiger partial charge in [-0.3, -0.25) is 9.38 Å². The molecule has 4 heteroatoms. The predicted molar refractivity (Wildman–Crippen MR) is 62.8 cm³/mol. The number of aromatic nitrogens is 3. The van der Waals surface area contributed by atoms with Gasteiger partial charge >= 0.3 is 0 Å². The van der Waals surface area contributed by atoms with Crippen molar-refractivity contribution in [3.05, 3.63) is 48.8 Å². The van der Waals surface area contributed by atoms with Gasteiger partial charge in [0.1, 0.15) is 5.69 Å². The molecule has 0 fully saturated rings. The maximum Gasteiger partial charge on any atom is 0.205 e. The summed E-state index contributed by atoms with van der Waals surface area (Å²) in [5.74, 6) is 0.483. The predicted octanol–water partition coefficient (Wildman–Crippen LogP) is 1.98. The second-order valence-electron chi connectivity index (χ2n) is 3.49. The summed E-state index contributed by atoms with van der Waals surface area (Å²) in [7, 11) is 0. The standard InChI is InChI=1S/C12H10N4/c13-12-15-11(9-5-1-3-7-14-9)10-6-2-4-8-16(10)12/h1-8H,(H2,13,15). The minimum atomic E-state index is 0.483. The Bertz CT molecular complexity index is 628. The fourth-order valence-electron chi connectivity index (χ4n) is 1.75. The lowest BCUT2D eigenvalue weighted by atomic mass is 10.2. The second-order valence-corrected chi connectivity index (χ2v) is 3.49. The molecule has 0 spiro atoms. The van der Waals surface area contributed by atoms with E-state index >= 15 is 0 Å². The number of imidazole rings is 1. The highest BCUT2D eigenvalue weighted by molar-refractivity contribution is 5.77. The van der Waals surface area contributed by atoms with Crippen molar-refractivity contribution in [2.45, 2.75) is 0 Å². The van der Waals surface area contributed by atoms with Crippen LogP contribution in [0.2, 0.25) is 0 Å².